The third-order valence-electron chi connectivity index (χ3n) is 4.17. The zero-order valence-corrected chi connectivity index (χ0v) is 17.4. The molecule has 0 bridgehead atoms. The molecule has 0 fully saturated rings. The molecule has 5 nitrogen and oxygen atoms in total. The molecule has 0 radical (unpaired) electrons. The Kier molecular flexibility index (Phi) is 9.20. The zero-order chi connectivity index (χ0) is 21.8. The summed E-state index contributed by atoms with van der Waals surface area (Å²) in [5.74, 6) is 6.19. The highest BCUT2D eigenvalue weighted by Crippen LogP contribution is 2.11. The molecule has 0 amide bonds. The van der Waals surface area contributed by atoms with Crippen molar-refractivity contribution in [1.29, 1.82) is 0 Å². The Morgan fingerprint density at radius 3 is 1.90 bits per heavy atom. The highest BCUT2D eigenvalue weighted by molar-refractivity contribution is 5.89. The molecule has 0 aromatic heterocycles. The van der Waals surface area contributed by atoms with Gasteiger partial charge >= 0.3 is 11.9 Å². The Bertz CT molecular complexity index is 915. The van der Waals surface area contributed by atoms with E-state index in [1.165, 1.54) is 0 Å². The predicted molar refractivity (Wildman–Crippen MR) is 115 cm³/mol. The summed E-state index contributed by atoms with van der Waals surface area (Å²) >= 11 is 0. The van der Waals surface area contributed by atoms with E-state index in [9.17, 15) is 9.59 Å². The van der Waals surface area contributed by atoms with Gasteiger partial charge in [-0.1, -0.05) is 18.4 Å². The number of hydrogen-bond donors (Lipinski definition) is 0. The lowest BCUT2D eigenvalue weighted by Crippen LogP contribution is -2.08. The van der Waals surface area contributed by atoms with E-state index in [0.717, 1.165) is 29.7 Å². The van der Waals surface area contributed by atoms with Crippen molar-refractivity contribution >= 4 is 11.9 Å². The minimum absolute atomic E-state index is 0.326. The molecule has 5 heteroatoms. The topological polar surface area (TPSA) is 61.8 Å². The molecule has 2 aromatic rings. The van der Waals surface area contributed by atoms with Gasteiger partial charge in [0, 0.05) is 16.7 Å². The van der Waals surface area contributed by atoms with Crippen LogP contribution >= 0.6 is 0 Å². The third kappa shape index (κ3) is 7.84. The average molecular weight is 406 g/mol. The fraction of sp³-hybridized carbons (Fsp3) is 0.280. The van der Waals surface area contributed by atoms with Crippen LogP contribution in [0, 0.1) is 11.8 Å². The maximum Gasteiger partial charge on any atom is 0.338 e. The lowest BCUT2D eigenvalue weighted by atomic mass is 10.1. The van der Waals surface area contributed by atoms with E-state index in [0.29, 0.717) is 30.8 Å². The van der Waals surface area contributed by atoms with Crippen molar-refractivity contribution in [3.63, 3.8) is 0 Å². The molecule has 30 heavy (non-hydrogen) atoms. The number of benzene rings is 2. The molecular weight excluding hydrogens is 380 g/mol. The first-order valence-corrected chi connectivity index (χ1v) is 9.75. The van der Waals surface area contributed by atoms with Crippen molar-refractivity contribution in [1.82, 2.24) is 0 Å². The second-order valence-electron chi connectivity index (χ2n) is 6.67. The van der Waals surface area contributed by atoms with Crippen LogP contribution in [0.15, 0.2) is 60.7 Å². The smallest absolute Gasteiger partial charge is 0.338 e. The number of carbonyl (C=O) groups is 2. The zero-order valence-electron chi connectivity index (χ0n) is 17.4. The molecule has 2 rings (SSSR count). The Balaban J connectivity index is 1.71. The summed E-state index contributed by atoms with van der Waals surface area (Å²) in [5.41, 5.74) is 2.57. The van der Waals surface area contributed by atoms with Gasteiger partial charge in [-0.2, -0.15) is 0 Å². The molecule has 156 valence electrons. The van der Waals surface area contributed by atoms with E-state index in [-0.39, 0.29) is 11.9 Å². The average Bonchev–Trinajstić information content (AvgIpc) is 2.77. The SMILES string of the molecule is C=C(C)C(=O)OCCCCCOC(=O)c1ccc(C#Cc2ccc(OC)cc2)cc1. The third-order valence-corrected chi connectivity index (χ3v) is 4.17. The summed E-state index contributed by atoms with van der Waals surface area (Å²) in [6.07, 6.45) is 2.23. The van der Waals surface area contributed by atoms with E-state index in [4.69, 9.17) is 14.2 Å². The van der Waals surface area contributed by atoms with Gasteiger partial charge in [0.1, 0.15) is 5.75 Å². The molecule has 0 aliphatic carbocycles. The number of methoxy groups -OCH3 is 1. The molecule has 0 atom stereocenters. The van der Waals surface area contributed by atoms with E-state index in [1.807, 2.05) is 24.3 Å². The van der Waals surface area contributed by atoms with Gasteiger partial charge in [0.2, 0.25) is 0 Å². The van der Waals surface area contributed by atoms with Crippen molar-refractivity contribution in [3.05, 3.63) is 77.4 Å². The van der Waals surface area contributed by atoms with Crippen LogP contribution < -0.4 is 4.74 Å². The standard InChI is InChI=1S/C25H26O5/c1-19(2)24(26)29-17-5-4-6-18-30-25(27)22-13-9-20(10-14-22)7-8-21-11-15-23(28-3)16-12-21/h9-16H,1,4-6,17-18H2,2-3H3. The Labute approximate surface area is 177 Å². The summed E-state index contributed by atoms with van der Waals surface area (Å²) in [4.78, 5) is 23.3. The highest BCUT2D eigenvalue weighted by Gasteiger charge is 2.07. The number of esters is 2. The van der Waals surface area contributed by atoms with Gasteiger partial charge in [-0.15, -0.1) is 0 Å². The van der Waals surface area contributed by atoms with Crippen molar-refractivity contribution in [3.8, 4) is 17.6 Å². The van der Waals surface area contributed by atoms with Gasteiger partial charge in [-0.3, -0.25) is 0 Å². The molecular formula is C25H26O5. The predicted octanol–water partition coefficient (Wildman–Crippen LogP) is 4.54. The Hall–Kier alpha value is -3.52. The normalized spacial score (nSPS) is 9.80. The maximum atomic E-state index is 12.1. The van der Waals surface area contributed by atoms with Gasteiger partial charge < -0.3 is 14.2 Å². The molecule has 0 aliphatic heterocycles. The Morgan fingerprint density at radius 2 is 1.37 bits per heavy atom. The fourth-order valence-corrected chi connectivity index (χ4v) is 2.43. The molecule has 0 N–H and O–H groups in total. The summed E-state index contributed by atoms with van der Waals surface area (Å²) in [6.45, 7) is 5.81. The molecule has 0 aliphatic rings. The van der Waals surface area contributed by atoms with E-state index < -0.39 is 0 Å². The highest BCUT2D eigenvalue weighted by atomic mass is 16.5. The van der Waals surface area contributed by atoms with Crippen molar-refractivity contribution < 1.29 is 23.8 Å². The van der Waals surface area contributed by atoms with Crippen LogP contribution in [0.3, 0.4) is 0 Å². The second-order valence-corrected chi connectivity index (χ2v) is 6.67. The van der Waals surface area contributed by atoms with E-state index in [1.54, 1.807) is 38.3 Å². The van der Waals surface area contributed by atoms with Gasteiger partial charge in [0.25, 0.3) is 0 Å². The molecule has 2 aromatic carbocycles. The van der Waals surface area contributed by atoms with Crippen molar-refractivity contribution in [2.75, 3.05) is 20.3 Å². The van der Waals surface area contributed by atoms with Crippen molar-refractivity contribution in [2.24, 2.45) is 0 Å². The monoisotopic (exact) mass is 406 g/mol. The number of ether oxygens (including phenoxy) is 3. The van der Waals surface area contributed by atoms with Gasteiger partial charge in [0.15, 0.2) is 0 Å². The van der Waals surface area contributed by atoms with Gasteiger partial charge in [0.05, 0.1) is 25.9 Å². The van der Waals surface area contributed by atoms with E-state index in [2.05, 4.69) is 18.4 Å². The second kappa shape index (κ2) is 12.1. The van der Waals surface area contributed by atoms with Crippen LogP contribution in [0.1, 0.15) is 47.7 Å². The van der Waals surface area contributed by atoms with Crippen molar-refractivity contribution in [2.45, 2.75) is 26.2 Å². The first-order chi connectivity index (χ1) is 14.5. The van der Waals surface area contributed by atoms with Gasteiger partial charge in [-0.25, -0.2) is 9.59 Å². The minimum Gasteiger partial charge on any atom is -0.497 e. The largest absolute Gasteiger partial charge is 0.497 e. The lowest BCUT2D eigenvalue weighted by molar-refractivity contribution is -0.139. The number of carbonyl (C=O) groups excluding carboxylic acids is 2. The molecule has 0 heterocycles. The number of unbranched alkanes of at least 4 members (excludes halogenated alkanes) is 2. The van der Waals surface area contributed by atoms with Crippen LogP contribution in [-0.4, -0.2) is 32.3 Å². The summed E-state index contributed by atoms with van der Waals surface area (Å²) < 4.78 is 15.4. The summed E-state index contributed by atoms with van der Waals surface area (Å²) in [7, 11) is 1.62. The molecule has 0 spiro atoms. The lowest BCUT2D eigenvalue weighted by Gasteiger charge is -2.06. The fourth-order valence-electron chi connectivity index (χ4n) is 2.43. The van der Waals surface area contributed by atoms with Crippen LogP contribution in [0.25, 0.3) is 0 Å². The molecule has 0 saturated heterocycles. The van der Waals surface area contributed by atoms with Crippen LogP contribution in [0.5, 0.6) is 5.75 Å². The molecule has 0 saturated carbocycles. The first-order valence-electron chi connectivity index (χ1n) is 9.75. The van der Waals surface area contributed by atoms with Crippen LogP contribution in [0.2, 0.25) is 0 Å². The van der Waals surface area contributed by atoms with Crippen LogP contribution in [-0.2, 0) is 14.3 Å². The summed E-state index contributed by atoms with van der Waals surface area (Å²) in [5, 5.41) is 0. The molecule has 0 unspecified atom stereocenters. The number of hydrogen-bond acceptors (Lipinski definition) is 5. The van der Waals surface area contributed by atoms with E-state index >= 15 is 0 Å². The summed E-state index contributed by atoms with van der Waals surface area (Å²) in [6, 6.07) is 14.5. The Morgan fingerprint density at radius 1 is 0.833 bits per heavy atom. The van der Waals surface area contributed by atoms with Gasteiger partial charge in [-0.05, 0) is 74.7 Å². The van der Waals surface area contributed by atoms with Crippen LogP contribution in [0.4, 0.5) is 0 Å². The first kappa shape index (κ1) is 22.8. The maximum absolute atomic E-state index is 12.1. The number of rotatable bonds is 9. The minimum atomic E-state index is -0.376. The quantitative estimate of drug-likeness (QED) is 0.265.